The van der Waals surface area contributed by atoms with Crippen molar-refractivity contribution in [3.8, 4) is 6.07 Å². The van der Waals surface area contributed by atoms with Crippen LogP contribution in [0.4, 0.5) is 5.95 Å². The van der Waals surface area contributed by atoms with Gasteiger partial charge in [-0.15, -0.1) is 0 Å². The van der Waals surface area contributed by atoms with Crippen LogP contribution in [0.25, 0.3) is 0 Å². The normalized spacial score (nSPS) is 9.83. The van der Waals surface area contributed by atoms with Crippen molar-refractivity contribution in [3.05, 3.63) is 52.8 Å². The van der Waals surface area contributed by atoms with E-state index >= 15 is 0 Å². The van der Waals surface area contributed by atoms with Crippen molar-refractivity contribution in [2.24, 2.45) is 0 Å². The van der Waals surface area contributed by atoms with E-state index in [4.69, 9.17) is 16.9 Å². The zero-order valence-electron chi connectivity index (χ0n) is 9.84. The summed E-state index contributed by atoms with van der Waals surface area (Å²) >= 11 is 5.83. The van der Waals surface area contributed by atoms with Crippen molar-refractivity contribution in [2.75, 3.05) is 11.9 Å². The number of benzene rings is 1. The van der Waals surface area contributed by atoms with Gasteiger partial charge in [0.1, 0.15) is 11.8 Å². The van der Waals surface area contributed by atoms with Crippen LogP contribution in [-0.4, -0.2) is 17.0 Å². The fraction of sp³-hybridized carbons (Fsp3) is 0.154. The standard InChI is InChI=1S/C13H11ClN4/c1-18(9-10-2-4-11(14)5-3-10)13-16-7-6-12(8-15)17-13/h2-7H,9H2,1H3. The Hall–Kier alpha value is -2.12. The van der Waals surface area contributed by atoms with E-state index in [1.54, 1.807) is 12.3 Å². The Balaban J connectivity index is 2.14. The third kappa shape index (κ3) is 2.96. The molecular formula is C13H11ClN4. The molecule has 0 saturated carbocycles. The summed E-state index contributed by atoms with van der Waals surface area (Å²) in [7, 11) is 1.88. The Morgan fingerprint density at radius 1 is 1.28 bits per heavy atom. The molecule has 0 atom stereocenters. The van der Waals surface area contributed by atoms with E-state index in [-0.39, 0.29) is 0 Å². The van der Waals surface area contributed by atoms with Crippen LogP contribution in [0, 0.1) is 11.3 Å². The van der Waals surface area contributed by atoms with E-state index in [2.05, 4.69) is 9.97 Å². The maximum Gasteiger partial charge on any atom is 0.226 e. The van der Waals surface area contributed by atoms with Crippen molar-refractivity contribution < 1.29 is 0 Å². The monoisotopic (exact) mass is 258 g/mol. The topological polar surface area (TPSA) is 52.8 Å². The zero-order chi connectivity index (χ0) is 13.0. The minimum absolute atomic E-state index is 0.364. The number of halogens is 1. The third-order valence-corrected chi connectivity index (χ3v) is 2.68. The van der Waals surface area contributed by atoms with Crippen molar-refractivity contribution in [1.82, 2.24) is 9.97 Å². The summed E-state index contributed by atoms with van der Waals surface area (Å²) in [4.78, 5) is 10.2. The molecule has 0 saturated heterocycles. The average Bonchev–Trinajstić information content (AvgIpc) is 2.41. The van der Waals surface area contributed by atoms with Gasteiger partial charge in [0.25, 0.3) is 0 Å². The van der Waals surface area contributed by atoms with Gasteiger partial charge in [0.2, 0.25) is 5.95 Å². The lowest BCUT2D eigenvalue weighted by Crippen LogP contribution is -2.19. The van der Waals surface area contributed by atoms with Crippen LogP contribution in [0.3, 0.4) is 0 Å². The van der Waals surface area contributed by atoms with E-state index in [1.807, 2.05) is 42.3 Å². The summed E-state index contributed by atoms with van der Waals surface area (Å²) < 4.78 is 0. The molecule has 0 aliphatic carbocycles. The number of hydrogen-bond donors (Lipinski definition) is 0. The Labute approximate surface area is 110 Å². The highest BCUT2D eigenvalue weighted by molar-refractivity contribution is 6.30. The zero-order valence-corrected chi connectivity index (χ0v) is 10.6. The molecule has 1 aromatic heterocycles. The van der Waals surface area contributed by atoms with Crippen LogP contribution < -0.4 is 4.90 Å². The van der Waals surface area contributed by atoms with Gasteiger partial charge < -0.3 is 4.90 Å². The Kier molecular flexibility index (Phi) is 3.75. The van der Waals surface area contributed by atoms with Crippen LogP contribution >= 0.6 is 11.6 Å². The van der Waals surface area contributed by atoms with Crippen LogP contribution in [0.15, 0.2) is 36.5 Å². The molecule has 90 valence electrons. The number of nitriles is 1. The number of anilines is 1. The van der Waals surface area contributed by atoms with E-state index in [0.29, 0.717) is 23.2 Å². The summed E-state index contributed by atoms with van der Waals surface area (Å²) in [6.45, 7) is 0.659. The highest BCUT2D eigenvalue weighted by Crippen LogP contribution is 2.13. The molecule has 0 radical (unpaired) electrons. The van der Waals surface area contributed by atoms with Gasteiger partial charge in [-0.1, -0.05) is 23.7 Å². The fourth-order valence-electron chi connectivity index (χ4n) is 1.53. The van der Waals surface area contributed by atoms with Crippen LogP contribution in [0.2, 0.25) is 5.02 Å². The number of hydrogen-bond acceptors (Lipinski definition) is 4. The molecule has 0 aliphatic heterocycles. The van der Waals surface area contributed by atoms with E-state index in [0.717, 1.165) is 5.56 Å². The molecule has 2 aromatic rings. The summed E-state index contributed by atoms with van der Waals surface area (Å²) in [5.41, 5.74) is 1.47. The molecule has 0 amide bonds. The van der Waals surface area contributed by atoms with Gasteiger partial charge in [0.05, 0.1) is 0 Å². The largest absolute Gasteiger partial charge is 0.340 e. The van der Waals surface area contributed by atoms with Crippen molar-refractivity contribution in [3.63, 3.8) is 0 Å². The first kappa shape index (κ1) is 12.3. The predicted molar refractivity (Wildman–Crippen MR) is 70.3 cm³/mol. The SMILES string of the molecule is CN(Cc1ccc(Cl)cc1)c1nccc(C#N)n1. The molecule has 5 heteroatoms. The second-order valence-electron chi connectivity index (χ2n) is 3.84. The van der Waals surface area contributed by atoms with Crippen molar-refractivity contribution in [1.29, 1.82) is 5.26 Å². The van der Waals surface area contributed by atoms with Gasteiger partial charge in [-0.25, -0.2) is 9.97 Å². The molecule has 2 rings (SSSR count). The molecule has 0 fully saturated rings. The van der Waals surface area contributed by atoms with Crippen molar-refractivity contribution >= 4 is 17.5 Å². The first-order chi connectivity index (χ1) is 8.69. The Morgan fingerprint density at radius 2 is 2.00 bits per heavy atom. The quantitative estimate of drug-likeness (QED) is 0.849. The van der Waals surface area contributed by atoms with Gasteiger partial charge in [-0.3, -0.25) is 0 Å². The lowest BCUT2D eigenvalue weighted by Gasteiger charge is -2.16. The maximum absolute atomic E-state index is 8.79. The second kappa shape index (κ2) is 5.48. The minimum Gasteiger partial charge on any atom is -0.340 e. The van der Waals surface area contributed by atoms with Gasteiger partial charge in [-0.2, -0.15) is 5.26 Å². The van der Waals surface area contributed by atoms with Gasteiger partial charge >= 0.3 is 0 Å². The molecule has 1 aromatic carbocycles. The van der Waals surface area contributed by atoms with Gasteiger partial charge in [0, 0.05) is 24.8 Å². The van der Waals surface area contributed by atoms with Crippen LogP contribution in [0.5, 0.6) is 0 Å². The summed E-state index contributed by atoms with van der Waals surface area (Å²) in [6.07, 6.45) is 1.58. The van der Waals surface area contributed by atoms with E-state index in [1.165, 1.54) is 0 Å². The molecule has 1 heterocycles. The third-order valence-electron chi connectivity index (χ3n) is 2.43. The molecular weight excluding hydrogens is 248 g/mol. The highest BCUT2D eigenvalue weighted by Gasteiger charge is 2.06. The lowest BCUT2D eigenvalue weighted by atomic mass is 10.2. The van der Waals surface area contributed by atoms with E-state index < -0.39 is 0 Å². The maximum atomic E-state index is 8.79. The smallest absolute Gasteiger partial charge is 0.226 e. The summed E-state index contributed by atoms with van der Waals surface area (Å²) in [5, 5.41) is 9.50. The predicted octanol–water partition coefficient (Wildman–Crippen LogP) is 2.64. The fourth-order valence-corrected chi connectivity index (χ4v) is 1.65. The first-order valence-corrected chi connectivity index (χ1v) is 5.75. The Bertz CT molecular complexity index is 574. The highest BCUT2D eigenvalue weighted by atomic mass is 35.5. The molecule has 0 spiro atoms. The van der Waals surface area contributed by atoms with Gasteiger partial charge in [-0.05, 0) is 23.8 Å². The lowest BCUT2D eigenvalue weighted by molar-refractivity contribution is 0.864. The summed E-state index contributed by atoms with van der Waals surface area (Å²) in [6, 6.07) is 11.2. The molecule has 0 bridgehead atoms. The molecule has 18 heavy (non-hydrogen) atoms. The Morgan fingerprint density at radius 3 is 2.67 bits per heavy atom. The minimum atomic E-state index is 0.364. The molecule has 0 aliphatic rings. The summed E-state index contributed by atoms with van der Waals surface area (Å²) in [5.74, 6) is 0.531. The number of rotatable bonds is 3. The average molecular weight is 259 g/mol. The number of nitrogens with zero attached hydrogens (tertiary/aromatic N) is 4. The second-order valence-corrected chi connectivity index (χ2v) is 4.27. The van der Waals surface area contributed by atoms with Gasteiger partial charge in [0.15, 0.2) is 0 Å². The molecule has 4 nitrogen and oxygen atoms in total. The van der Waals surface area contributed by atoms with Crippen LogP contribution in [0.1, 0.15) is 11.3 Å². The van der Waals surface area contributed by atoms with E-state index in [9.17, 15) is 0 Å². The molecule has 0 unspecified atom stereocenters. The van der Waals surface area contributed by atoms with Crippen molar-refractivity contribution in [2.45, 2.75) is 6.54 Å². The first-order valence-electron chi connectivity index (χ1n) is 5.38. The number of aromatic nitrogens is 2. The molecule has 0 N–H and O–H groups in total. The van der Waals surface area contributed by atoms with Crippen LogP contribution in [-0.2, 0) is 6.54 Å².